The zero-order valence-electron chi connectivity index (χ0n) is 24.2. The molecule has 1 unspecified atom stereocenters. The number of phosphoric acid groups is 1. The molecular weight excluding hydrogens is 515 g/mol. The minimum Gasteiger partial charge on any atom is -0.379 e. The van der Waals surface area contributed by atoms with E-state index in [2.05, 4.69) is 13.0 Å². The molecule has 0 amide bonds. The van der Waals surface area contributed by atoms with Gasteiger partial charge >= 0.3 is 7.82 Å². The van der Waals surface area contributed by atoms with E-state index in [0.29, 0.717) is 25.6 Å². The third-order valence-corrected chi connectivity index (χ3v) is 7.56. The number of benzene rings is 2. The number of phosphoric ester groups is 1. The van der Waals surface area contributed by atoms with Crippen LogP contribution >= 0.6 is 7.82 Å². The van der Waals surface area contributed by atoms with Crippen LogP contribution in [-0.2, 0) is 29.7 Å². The topological polar surface area (TPSA) is 83.5 Å². The van der Waals surface area contributed by atoms with Gasteiger partial charge in [-0.05, 0) is 30.7 Å². The van der Waals surface area contributed by atoms with Crippen LogP contribution in [0.5, 0.6) is 5.75 Å². The maximum Gasteiger partial charge on any atom is 0.508 e. The SMILES string of the molecule is CCCCCCCCCCCCCCCc1ccc2ccccc2c1OOP(=O)(O)OCCOCCOCC. The molecule has 0 aromatic heterocycles. The zero-order valence-corrected chi connectivity index (χ0v) is 25.1. The van der Waals surface area contributed by atoms with Crippen LogP contribution in [-0.4, -0.2) is 37.9 Å². The number of hydrogen-bond donors (Lipinski definition) is 1. The molecule has 7 nitrogen and oxygen atoms in total. The summed E-state index contributed by atoms with van der Waals surface area (Å²) in [6, 6.07) is 11.8. The van der Waals surface area contributed by atoms with E-state index in [1.165, 1.54) is 70.6 Å². The minimum atomic E-state index is -4.41. The van der Waals surface area contributed by atoms with Gasteiger partial charge in [0.2, 0.25) is 0 Å². The second kappa shape index (κ2) is 21.3. The lowest BCUT2D eigenvalue weighted by atomic mass is 10.00. The van der Waals surface area contributed by atoms with Crippen molar-refractivity contribution in [3.8, 4) is 5.75 Å². The molecule has 2 rings (SSSR count). The summed E-state index contributed by atoms with van der Waals surface area (Å²) in [6.45, 7) is 5.71. The number of ether oxygens (including phenoxy) is 2. The number of unbranched alkanes of at least 4 members (excludes halogenated alkanes) is 12. The van der Waals surface area contributed by atoms with E-state index < -0.39 is 7.82 Å². The van der Waals surface area contributed by atoms with E-state index in [1.54, 1.807) is 0 Å². The van der Waals surface area contributed by atoms with Gasteiger partial charge < -0.3 is 19.3 Å². The Morgan fingerprint density at radius 3 is 1.95 bits per heavy atom. The van der Waals surface area contributed by atoms with Crippen LogP contribution < -0.4 is 4.89 Å². The average Bonchev–Trinajstić information content (AvgIpc) is 2.94. The number of rotatable bonds is 25. The van der Waals surface area contributed by atoms with Gasteiger partial charge in [0.05, 0.1) is 26.4 Å². The van der Waals surface area contributed by atoms with Crippen molar-refractivity contribution in [2.45, 2.75) is 104 Å². The molecule has 2 aromatic carbocycles. The lowest BCUT2D eigenvalue weighted by molar-refractivity contribution is -0.128. The van der Waals surface area contributed by atoms with Gasteiger partial charge in [-0.15, -0.1) is 0 Å². The molecule has 0 aliphatic heterocycles. The van der Waals surface area contributed by atoms with E-state index >= 15 is 0 Å². The number of hydrogen-bond acceptors (Lipinski definition) is 6. The zero-order chi connectivity index (χ0) is 28.0. The predicted molar refractivity (Wildman–Crippen MR) is 158 cm³/mol. The third kappa shape index (κ3) is 15.2. The monoisotopic (exact) mass is 566 g/mol. The quantitative estimate of drug-likeness (QED) is 0.0556. The summed E-state index contributed by atoms with van der Waals surface area (Å²) in [5.41, 5.74) is 0.955. The molecule has 0 saturated heterocycles. The van der Waals surface area contributed by atoms with Crippen LogP contribution in [0, 0.1) is 0 Å². The second-order valence-corrected chi connectivity index (χ2v) is 11.4. The normalized spacial score (nSPS) is 13.1. The van der Waals surface area contributed by atoms with Crippen molar-refractivity contribution in [2.24, 2.45) is 0 Å². The van der Waals surface area contributed by atoms with Crippen molar-refractivity contribution in [1.29, 1.82) is 0 Å². The van der Waals surface area contributed by atoms with Crippen LogP contribution in [0.4, 0.5) is 0 Å². The van der Waals surface area contributed by atoms with E-state index in [1.807, 2.05) is 37.3 Å². The molecule has 0 spiro atoms. The molecule has 8 heteroatoms. The van der Waals surface area contributed by atoms with Gasteiger partial charge in [0.15, 0.2) is 5.75 Å². The first-order chi connectivity index (χ1) is 19.1. The fraction of sp³-hybridized carbons (Fsp3) is 0.677. The largest absolute Gasteiger partial charge is 0.508 e. The average molecular weight is 567 g/mol. The predicted octanol–water partition coefficient (Wildman–Crippen LogP) is 8.95. The fourth-order valence-corrected chi connectivity index (χ4v) is 5.12. The Balaban J connectivity index is 1.73. The van der Waals surface area contributed by atoms with E-state index in [0.717, 1.165) is 35.6 Å². The Bertz CT molecular complexity index is 936. The van der Waals surface area contributed by atoms with E-state index in [-0.39, 0.29) is 13.2 Å². The van der Waals surface area contributed by atoms with Gasteiger partial charge in [0.1, 0.15) is 0 Å². The molecule has 0 aliphatic rings. The molecular formula is C31H51O7P. The van der Waals surface area contributed by atoms with E-state index in [9.17, 15) is 9.46 Å². The van der Waals surface area contributed by atoms with E-state index in [4.69, 9.17) is 23.6 Å². The first-order valence-electron chi connectivity index (χ1n) is 15.1. The van der Waals surface area contributed by atoms with Gasteiger partial charge in [-0.25, -0.2) is 4.57 Å². The summed E-state index contributed by atoms with van der Waals surface area (Å²) < 4.78 is 32.8. The van der Waals surface area contributed by atoms with Gasteiger partial charge in [-0.1, -0.05) is 125 Å². The van der Waals surface area contributed by atoms with Crippen LogP contribution in [0.25, 0.3) is 10.8 Å². The maximum atomic E-state index is 12.4. The highest BCUT2D eigenvalue weighted by Gasteiger charge is 2.25. The number of fused-ring (bicyclic) bond motifs is 1. The molecule has 0 heterocycles. The molecule has 0 radical (unpaired) electrons. The smallest absolute Gasteiger partial charge is 0.379 e. The molecule has 0 aliphatic carbocycles. The summed E-state index contributed by atoms with van der Waals surface area (Å²) in [4.78, 5) is 15.6. The summed E-state index contributed by atoms with van der Waals surface area (Å²) in [5.74, 6) is 0.470. The van der Waals surface area contributed by atoms with Gasteiger partial charge in [0.25, 0.3) is 0 Å². The molecule has 39 heavy (non-hydrogen) atoms. The summed E-state index contributed by atoms with van der Waals surface area (Å²) >= 11 is 0. The highest BCUT2D eigenvalue weighted by atomic mass is 31.2. The maximum absolute atomic E-state index is 12.4. The molecule has 2 aromatic rings. The third-order valence-electron chi connectivity index (χ3n) is 6.78. The van der Waals surface area contributed by atoms with Crippen LogP contribution in [0.15, 0.2) is 36.4 Å². The van der Waals surface area contributed by atoms with Crippen molar-refractivity contribution >= 4 is 18.6 Å². The molecule has 1 atom stereocenters. The summed E-state index contributed by atoms with van der Waals surface area (Å²) in [7, 11) is -4.41. The van der Waals surface area contributed by atoms with Crippen LogP contribution in [0.2, 0.25) is 0 Å². The molecule has 1 N–H and O–H groups in total. The van der Waals surface area contributed by atoms with Crippen molar-refractivity contribution in [1.82, 2.24) is 0 Å². The summed E-state index contributed by atoms with van der Waals surface area (Å²) in [6.07, 6.45) is 17.8. The highest BCUT2D eigenvalue weighted by molar-refractivity contribution is 7.47. The Kier molecular flexibility index (Phi) is 18.4. The molecule has 0 saturated carbocycles. The Hall–Kier alpha value is -1.47. The molecule has 222 valence electrons. The van der Waals surface area contributed by atoms with Gasteiger partial charge in [-0.3, -0.25) is 4.52 Å². The van der Waals surface area contributed by atoms with Crippen molar-refractivity contribution in [3.05, 3.63) is 42.0 Å². The second-order valence-electron chi connectivity index (χ2n) is 10.0. The minimum absolute atomic E-state index is 0.0926. The van der Waals surface area contributed by atoms with Crippen molar-refractivity contribution in [3.63, 3.8) is 0 Å². The summed E-state index contributed by atoms with van der Waals surface area (Å²) in [5, 5.41) is 1.81. The van der Waals surface area contributed by atoms with Crippen LogP contribution in [0.1, 0.15) is 103 Å². The fourth-order valence-electron chi connectivity index (χ4n) is 4.60. The first kappa shape index (κ1) is 33.7. The Morgan fingerprint density at radius 2 is 1.28 bits per heavy atom. The Labute approximate surface area is 236 Å². The lowest BCUT2D eigenvalue weighted by Gasteiger charge is -2.15. The van der Waals surface area contributed by atoms with Crippen molar-refractivity contribution < 1.29 is 33.0 Å². The van der Waals surface area contributed by atoms with Gasteiger partial charge in [0, 0.05) is 12.0 Å². The first-order valence-corrected chi connectivity index (χ1v) is 16.6. The lowest BCUT2D eigenvalue weighted by Crippen LogP contribution is -2.09. The number of aryl methyl sites for hydroxylation is 1. The van der Waals surface area contributed by atoms with Gasteiger partial charge in [-0.2, -0.15) is 0 Å². The van der Waals surface area contributed by atoms with Crippen LogP contribution in [0.3, 0.4) is 0 Å². The molecule has 0 bridgehead atoms. The molecule has 0 fully saturated rings. The highest BCUT2D eigenvalue weighted by Crippen LogP contribution is 2.44. The Morgan fingerprint density at radius 1 is 0.692 bits per heavy atom. The van der Waals surface area contributed by atoms with Crippen molar-refractivity contribution in [2.75, 3.05) is 33.0 Å². The standard InChI is InChI=1S/C31H51O7P/c1-3-5-6-7-8-9-10-11-12-13-14-15-16-20-29-23-22-28-19-17-18-21-30(28)31(29)37-38-39(32,33)36-27-26-35-25-24-34-4-2/h17-19,21-23H,3-16,20,24-27H2,1-2H3,(H,32,33).